The molecule has 0 saturated carbocycles. The normalized spacial score (nSPS) is 18.3. The van der Waals surface area contributed by atoms with Crippen LogP contribution in [0.2, 0.25) is 0 Å². The summed E-state index contributed by atoms with van der Waals surface area (Å²) in [5, 5.41) is 4.29. The van der Waals surface area contributed by atoms with Crippen LogP contribution in [0.15, 0.2) is 24.3 Å². The van der Waals surface area contributed by atoms with E-state index in [4.69, 9.17) is 17.0 Å². The molecule has 0 unspecified atom stereocenters. The third-order valence-corrected chi connectivity index (χ3v) is 5.75. The zero-order chi connectivity index (χ0) is 18.0. The Bertz CT molecular complexity index is 836. The molecule has 1 fully saturated rings. The second kappa shape index (κ2) is 7.67. The van der Waals surface area contributed by atoms with Gasteiger partial charge in [0.2, 0.25) is 0 Å². The Kier molecular flexibility index (Phi) is 5.55. The fraction of sp³-hybridized carbons (Fsp3) is 0.438. The molecule has 0 amide bonds. The molecule has 0 radical (unpaired) electrons. The van der Waals surface area contributed by atoms with Gasteiger partial charge in [0.15, 0.2) is 10.6 Å². The SMILES string of the molecule is COC(=O)[C@H]1CN(Cn2nc(-c3ccccc3F)n(C)c2=S)CCS1. The van der Waals surface area contributed by atoms with Gasteiger partial charge in [-0.3, -0.25) is 9.69 Å². The lowest BCUT2D eigenvalue weighted by Gasteiger charge is -2.30. The molecule has 9 heteroatoms. The van der Waals surface area contributed by atoms with E-state index in [0.29, 0.717) is 29.4 Å². The van der Waals surface area contributed by atoms with Crippen molar-refractivity contribution in [3.05, 3.63) is 34.9 Å². The minimum absolute atomic E-state index is 0.206. The third kappa shape index (κ3) is 3.78. The fourth-order valence-electron chi connectivity index (χ4n) is 2.75. The highest BCUT2D eigenvalue weighted by Crippen LogP contribution is 2.23. The summed E-state index contributed by atoms with van der Waals surface area (Å²) in [6, 6.07) is 6.49. The number of ether oxygens (including phenoxy) is 1. The van der Waals surface area contributed by atoms with E-state index < -0.39 is 0 Å². The van der Waals surface area contributed by atoms with Crippen LogP contribution in [0.1, 0.15) is 0 Å². The molecule has 1 saturated heterocycles. The highest BCUT2D eigenvalue weighted by atomic mass is 32.2. The number of rotatable bonds is 4. The number of halogens is 1. The first kappa shape index (κ1) is 18.1. The number of benzene rings is 1. The molecule has 1 aromatic carbocycles. The highest BCUT2D eigenvalue weighted by molar-refractivity contribution is 8.00. The van der Waals surface area contributed by atoms with Gasteiger partial charge < -0.3 is 9.30 Å². The minimum Gasteiger partial charge on any atom is -0.468 e. The molecular weight excluding hydrogens is 363 g/mol. The lowest BCUT2D eigenvalue weighted by atomic mass is 10.2. The molecule has 2 heterocycles. The monoisotopic (exact) mass is 382 g/mol. The third-order valence-electron chi connectivity index (χ3n) is 4.10. The van der Waals surface area contributed by atoms with E-state index in [1.165, 1.54) is 13.2 Å². The number of aromatic nitrogens is 3. The van der Waals surface area contributed by atoms with Crippen LogP contribution in [0.3, 0.4) is 0 Å². The van der Waals surface area contributed by atoms with Crippen molar-refractivity contribution in [2.24, 2.45) is 7.05 Å². The highest BCUT2D eigenvalue weighted by Gasteiger charge is 2.27. The van der Waals surface area contributed by atoms with Crippen molar-refractivity contribution in [2.45, 2.75) is 11.9 Å². The summed E-state index contributed by atoms with van der Waals surface area (Å²) in [6.45, 7) is 1.85. The molecule has 2 aromatic rings. The van der Waals surface area contributed by atoms with Gasteiger partial charge in [0.05, 0.1) is 19.3 Å². The summed E-state index contributed by atoms with van der Waals surface area (Å²) in [5.74, 6) is 0.767. The van der Waals surface area contributed by atoms with Gasteiger partial charge in [0.25, 0.3) is 0 Å². The number of thioether (sulfide) groups is 1. The van der Waals surface area contributed by atoms with Crippen molar-refractivity contribution in [1.29, 1.82) is 0 Å². The molecule has 1 aromatic heterocycles. The number of nitrogens with zero attached hydrogens (tertiary/aromatic N) is 4. The number of methoxy groups -OCH3 is 1. The molecule has 0 aliphatic carbocycles. The average molecular weight is 382 g/mol. The maximum absolute atomic E-state index is 14.1. The van der Waals surface area contributed by atoms with Gasteiger partial charge in [-0.25, -0.2) is 9.07 Å². The summed E-state index contributed by atoms with van der Waals surface area (Å²) in [7, 11) is 3.17. The van der Waals surface area contributed by atoms with Crippen LogP contribution in [0.25, 0.3) is 11.4 Å². The quantitative estimate of drug-likeness (QED) is 0.598. The van der Waals surface area contributed by atoms with E-state index in [1.807, 2.05) is 0 Å². The molecule has 25 heavy (non-hydrogen) atoms. The minimum atomic E-state index is -0.335. The number of hydrogen-bond donors (Lipinski definition) is 0. The Morgan fingerprint density at radius 1 is 1.48 bits per heavy atom. The zero-order valence-electron chi connectivity index (χ0n) is 14.0. The molecule has 134 valence electrons. The maximum atomic E-state index is 14.1. The molecule has 3 rings (SSSR count). The molecular formula is C16H19FN4O2S2. The van der Waals surface area contributed by atoms with Crippen LogP contribution in [0, 0.1) is 10.6 Å². The van der Waals surface area contributed by atoms with Crippen molar-refractivity contribution in [3.63, 3.8) is 0 Å². The predicted molar refractivity (Wildman–Crippen MR) is 97.3 cm³/mol. The molecule has 0 spiro atoms. The number of carbonyl (C=O) groups is 1. The lowest BCUT2D eigenvalue weighted by molar-refractivity contribution is -0.140. The average Bonchev–Trinajstić information content (AvgIpc) is 2.90. The number of hydrogen-bond acceptors (Lipinski definition) is 6. The van der Waals surface area contributed by atoms with E-state index in [-0.39, 0.29) is 17.0 Å². The first-order valence-corrected chi connectivity index (χ1v) is 9.27. The van der Waals surface area contributed by atoms with Gasteiger partial charge in [-0.15, -0.1) is 11.8 Å². The number of carbonyl (C=O) groups excluding carboxylic acids is 1. The molecule has 1 atom stereocenters. The van der Waals surface area contributed by atoms with Crippen LogP contribution in [0.4, 0.5) is 4.39 Å². The van der Waals surface area contributed by atoms with Crippen molar-refractivity contribution in [1.82, 2.24) is 19.2 Å². The van der Waals surface area contributed by atoms with Crippen LogP contribution < -0.4 is 0 Å². The van der Waals surface area contributed by atoms with Crippen molar-refractivity contribution in [3.8, 4) is 11.4 Å². The summed E-state index contributed by atoms with van der Waals surface area (Å²) < 4.78 is 22.8. The van der Waals surface area contributed by atoms with Crippen molar-refractivity contribution < 1.29 is 13.9 Å². The summed E-state index contributed by atoms with van der Waals surface area (Å²) >= 11 is 7.04. The van der Waals surface area contributed by atoms with Crippen LogP contribution in [0.5, 0.6) is 0 Å². The molecule has 1 aliphatic rings. The van der Waals surface area contributed by atoms with E-state index >= 15 is 0 Å². The summed E-state index contributed by atoms with van der Waals surface area (Å²) in [6.07, 6.45) is 0. The summed E-state index contributed by atoms with van der Waals surface area (Å²) in [5.41, 5.74) is 0.413. The lowest BCUT2D eigenvalue weighted by Crippen LogP contribution is -2.42. The Hall–Kier alpha value is -1.71. The standard InChI is InChI=1S/C16H19FN4O2S2/c1-19-14(11-5-3-4-6-12(11)17)18-21(16(19)24)10-20-7-8-25-13(9-20)15(22)23-2/h3-6,13H,7-10H2,1-2H3/t13-/m1/s1. The van der Waals surface area contributed by atoms with Gasteiger partial charge >= 0.3 is 5.97 Å². The maximum Gasteiger partial charge on any atom is 0.320 e. The first-order chi connectivity index (χ1) is 12.0. The van der Waals surface area contributed by atoms with Gasteiger partial charge in [-0.05, 0) is 24.4 Å². The van der Waals surface area contributed by atoms with Crippen LogP contribution >= 0.6 is 24.0 Å². The van der Waals surface area contributed by atoms with E-state index in [9.17, 15) is 9.18 Å². The fourth-order valence-corrected chi connectivity index (χ4v) is 4.13. The largest absolute Gasteiger partial charge is 0.468 e. The molecule has 0 N–H and O–H groups in total. The van der Waals surface area contributed by atoms with Crippen molar-refractivity contribution in [2.75, 3.05) is 26.0 Å². The molecule has 6 nitrogen and oxygen atoms in total. The van der Waals surface area contributed by atoms with Crippen LogP contribution in [-0.2, 0) is 23.2 Å². The Labute approximate surface area is 154 Å². The zero-order valence-corrected chi connectivity index (χ0v) is 15.6. The predicted octanol–water partition coefficient (Wildman–Crippen LogP) is 2.31. The Balaban J connectivity index is 1.82. The Morgan fingerprint density at radius 2 is 2.24 bits per heavy atom. The van der Waals surface area contributed by atoms with E-state index in [2.05, 4.69) is 10.00 Å². The van der Waals surface area contributed by atoms with Crippen molar-refractivity contribution >= 4 is 29.9 Å². The first-order valence-electron chi connectivity index (χ1n) is 7.81. The van der Waals surface area contributed by atoms with E-state index in [0.717, 1.165) is 12.3 Å². The van der Waals surface area contributed by atoms with Gasteiger partial charge in [-0.1, -0.05) is 12.1 Å². The second-order valence-corrected chi connectivity index (χ2v) is 7.42. The van der Waals surface area contributed by atoms with Gasteiger partial charge in [-0.2, -0.15) is 5.10 Å². The second-order valence-electron chi connectivity index (χ2n) is 5.75. The van der Waals surface area contributed by atoms with Crippen LogP contribution in [-0.4, -0.2) is 56.4 Å². The molecule has 0 bridgehead atoms. The van der Waals surface area contributed by atoms with Gasteiger partial charge in [0, 0.05) is 25.9 Å². The smallest absolute Gasteiger partial charge is 0.320 e. The van der Waals surface area contributed by atoms with Gasteiger partial charge in [0.1, 0.15) is 11.1 Å². The summed E-state index contributed by atoms with van der Waals surface area (Å²) in [4.78, 5) is 13.9. The van der Waals surface area contributed by atoms with E-state index in [1.54, 1.807) is 46.3 Å². The number of esters is 1. The topological polar surface area (TPSA) is 52.3 Å². The molecule has 1 aliphatic heterocycles. The Morgan fingerprint density at radius 3 is 2.96 bits per heavy atom.